The molecule has 0 radical (unpaired) electrons. The van der Waals surface area contributed by atoms with Gasteiger partial charge in [0.05, 0.1) is 22.2 Å². The average Bonchev–Trinajstić information content (AvgIpc) is 3.20. The van der Waals surface area contributed by atoms with E-state index in [-0.39, 0.29) is 23.7 Å². The molecule has 6 rings (SSSR count). The molecule has 9 heteroatoms. The lowest BCUT2D eigenvalue weighted by atomic mass is 9.95. The van der Waals surface area contributed by atoms with Gasteiger partial charge in [0.15, 0.2) is 0 Å². The monoisotopic (exact) mass is 512 g/mol. The van der Waals surface area contributed by atoms with Gasteiger partial charge in [0.1, 0.15) is 11.3 Å². The standard InChI is InChI=1S/C27H24ClF3N4O/c1-2-20-25(35-13-17(28)5-8-23(35)34-20)26(36)32-12-14-3-6-21-15(9-14)4-7-22(33-21)16-10-18-19(11-16)24(18)27(29,30)31/h3-9,13,16,18-19,24H,2,10-12H2,1H3,(H,32,36)/t16?,18-,19+,24?. The summed E-state index contributed by atoms with van der Waals surface area (Å²) in [5.74, 6) is -1.73. The zero-order valence-corrected chi connectivity index (χ0v) is 20.3. The van der Waals surface area contributed by atoms with E-state index in [0.29, 0.717) is 47.9 Å². The van der Waals surface area contributed by atoms with E-state index < -0.39 is 12.1 Å². The number of carbonyl (C=O) groups is 1. The zero-order valence-electron chi connectivity index (χ0n) is 19.5. The van der Waals surface area contributed by atoms with Crippen LogP contribution in [0.1, 0.15) is 53.1 Å². The molecule has 0 spiro atoms. The summed E-state index contributed by atoms with van der Waals surface area (Å²) in [5, 5.41) is 4.43. The van der Waals surface area contributed by atoms with Crippen LogP contribution in [0.4, 0.5) is 13.2 Å². The Kier molecular flexibility index (Phi) is 5.48. The fourth-order valence-corrected chi connectivity index (χ4v) is 6.08. The van der Waals surface area contributed by atoms with E-state index in [4.69, 9.17) is 16.6 Å². The number of rotatable bonds is 5. The van der Waals surface area contributed by atoms with Crippen molar-refractivity contribution in [3.8, 4) is 0 Å². The van der Waals surface area contributed by atoms with Crippen molar-refractivity contribution < 1.29 is 18.0 Å². The molecule has 0 saturated heterocycles. The highest BCUT2D eigenvalue weighted by Gasteiger charge is 2.67. The number of imidazole rings is 1. The molecule has 2 aliphatic rings. The first-order chi connectivity index (χ1) is 17.2. The summed E-state index contributed by atoms with van der Waals surface area (Å²) in [6, 6.07) is 13.2. The van der Waals surface area contributed by atoms with Gasteiger partial charge in [-0.2, -0.15) is 13.2 Å². The third kappa shape index (κ3) is 4.01. The molecule has 5 nitrogen and oxygen atoms in total. The Labute approximate surface area is 210 Å². The highest BCUT2D eigenvalue weighted by atomic mass is 35.5. The number of amides is 1. The number of alkyl halides is 3. The summed E-state index contributed by atoms with van der Waals surface area (Å²) < 4.78 is 40.7. The van der Waals surface area contributed by atoms with Crippen LogP contribution in [0.2, 0.25) is 5.02 Å². The molecule has 1 amide bonds. The Morgan fingerprint density at radius 3 is 2.61 bits per heavy atom. The second-order valence-electron chi connectivity index (χ2n) is 9.85. The molecule has 4 aromatic rings. The van der Waals surface area contributed by atoms with Crippen LogP contribution in [0.5, 0.6) is 0 Å². The number of nitrogens with one attached hydrogen (secondary N) is 1. The molecule has 2 aliphatic carbocycles. The summed E-state index contributed by atoms with van der Waals surface area (Å²) in [4.78, 5) is 22.3. The predicted molar refractivity (Wildman–Crippen MR) is 131 cm³/mol. The van der Waals surface area contributed by atoms with Gasteiger partial charge in [-0.1, -0.05) is 30.7 Å². The molecule has 2 fully saturated rings. The third-order valence-electron chi connectivity index (χ3n) is 7.67. The van der Waals surface area contributed by atoms with Crippen LogP contribution in [-0.2, 0) is 13.0 Å². The van der Waals surface area contributed by atoms with Gasteiger partial charge in [-0.05, 0) is 67.0 Å². The average molecular weight is 513 g/mol. The van der Waals surface area contributed by atoms with Crippen LogP contribution >= 0.6 is 11.6 Å². The summed E-state index contributed by atoms with van der Waals surface area (Å²) in [6.07, 6.45) is -0.643. The van der Waals surface area contributed by atoms with E-state index in [1.165, 1.54) is 0 Å². The molecule has 3 heterocycles. The Morgan fingerprint density at radius 1 is 1.11 bits per heavy atom. The normalized spacial score (nSPS) is 23.2. The van der Waals surface area contributed by atoms with Crippen molar-refractivity contribution >= 4 is 34.1 Å². The number of nitrogens with zero attached hydrogens (tertiary/aromatic N) is 3. The third-order valence-corrected chi connectivity index (χ3v) is 7.90. The van der Waals surface area contributed by atoms with Crippen molar-refractivity contribution in [2.24, 2.45) is 17.8 Å². The topological polar surface area (TPSA) is 59.3 Å². The molecule has 4 atom stereocenters. The molecule has 1 aromatic carbocycles. The molecule has 3 aromatic heterocycles. The van der Waals surface area contributed by atoms with Crippen molar-refractivity contribution in [2.45, 2.75) is 44.8 Å². The molecule has 36 heavy (non-hydrogen) atoms. The molecule has 2 saturated carbocycles. The van der Waals surface area contributed by atoms with E-state index in [1.54, 1.807) is 22.7 Å². The quantitative estimate of drug-likeness (QED) is 0.340. The Hall–Kier alpha value is -3.13. The number of halogens is 4. The number of hydrogen-bond acceptors (Lipinski definition) is 3. The van der Waals surface area contributed by atoms with E-state index in [1.807, 2.05) is 37.3 Å². The van der Waals surface area contributed by atoms with Crippen molar-refractivity contribution in [1.29, 1.82) is 0 Å². The van der Waals surface area contributed by atoms with Gasteiger partial charge in [-0.3, -0.25) is 14.2 Å². The first-order valence-corrected chi connectivity index (χ1v) is 12.5. The number of aryl methyl sites for hydroxylation is 1. The van der Waals surface area contributed by atoms with Gasteiger partial charge in [0, 0.05) is 29.7 Å². The second kappa shape index (κ2) is 8.47. The number of hydrogen-bond donors (Lipinski definition) is 1. The first-order valence-electron chi connectivity index (χ1n) is 12.1. The summed E-state index contributed by atoms with van der Waals surface area (Å²) in [7, 11) is 0. The number of fused-ring (bicyclic) bond motifs is 3. The lowest BCUT2D eigenvalue weighted by Gasteiger charge is -2.16. The van der Waals surface area contributed by atoms with Gasteiger partial charge >= 0.3 is 6.18 Å². The number of carbonyl (C=O) groups excluding carboxylic acids is 1. The highest BCUT2D eigenvalue weighted by molar-refractivity contribution is 6.30. The van der Waals surface area contributed by atoms with Gasteiger partial charge < -0.3 is 5.32 Å². The van der Waals surface area contributed by atoms with E-state index >= 15 is 0 Å². The lowest BCUT2D eigenvalue weighted by Crippen LogP contribution is -2.25. The number of pyridine rings is 2. The molecular formula is C27H24ClF3N4O. The summed E-state index contributed by atoms with van der Waals surface area (Å²) in [6.45, 7) is 2.28. The van der Waals surface area contributed by atoms with Crippen LogP contribution in [0.25, 0.3) is 16.6 Å². The van der Waals surface area contributed by atoms with E-state index in [9.17, 15) is 18.0 Å². The second-order valence-corrected chi connectivity index (χ2v) is 10.3. The number of aromatic nitrogens is 3. The van der Waals surface area contributed by atoms with Crippen LogP contribution < -0.4 is 5.32 Å². The molecule has 1 N–H and O–H groups in total. The molecule has 0 bridgehead atoms. The maximum atomic E-state index is 13.1. The Bertz CT molecular complexity index is 1490. The van der Waals surface area contributed by atoms with Crippen molar-refractivity contribution in [3.63, 3.8) is 0 Å². The largest absolute Gasteiger partial charge is 0.392 e. The predicted octanol–water partition coefficient (Wildman–Crippen LogP) is 6.33. The smallest absolute Gasteiger partial charge is 0.347 e. The Morgan fingerprint density at radius 2 is 1.89 bits per heavy atom. The van der Waals surface area contributed by atoms with Crippen LogP contribution in [-0.4, -0.2) is 26.5 Å². The lowest BCUT2D eigenvalue weighted by molar-refractivity contribution is -0.155. The van der Waals surface area contributed by atoms with Crippen LogP contribution in [0, 0.1) is 17.8 Å². The van der Waals surface area contributed by atoms with Gasteiger partial charge in [0.2, 0.25) is 0 Å². The molecule has 186 valence electrons. The van der Waals surface area contributed by atoms with Gasteiger partial charge in [-0.25, -0.2) is 4.98 Å². The minimum absolute atomic E-state index is 0.0914. The van der Waals surface area contributed by atoms with E-state index in [0.717, 1.165) is 22.2 Å². The number of benzene rings is 1. The maximum absolute atomic E-state index is 13.1. The van der Waals surface area contributed by atoms with E-state index in [2.05, 4.69) is 10.3 Å². The van der Waals surface area contributed by atoms with Crippen molar-refractivity contribution in [1.82, 2.24) is 19.7 Å². The SMILES string of the molecule is CCc1nc2ccc(Cl)cn2c1C(=O)NCc1ccc2nc(C3C[C@@H]4C(C(F)(F)F)[C@@H]4C3)ccc2c1. The zero-order chi connectivity index (χ0) is 25.2. The minimum atomic E-state index is -4.07. The fraction of sp³-hybridized carbons (Fsp3) is 0.370. The highest BCUT2D eigenvalue weighted by Crippen LogP contribution is 2.66. The van der Waals surface area contributed by atoms with Gasteiger partial charge in [0.25, 0.3) is 5.91 Å². The maximum Gasteiger partial charge on any atom is 0.392 e. The van der Waals surface area contributed by atoms with Crippen LogP contribution in [0.3, 0.4) is 0 Å². The van der Waals surface area contributed by atoms with Gasteiger partial charge in [-0.15, -0.1) is 0 Å². The summed E-state index contributed by atoms with van der Waals surface area (Å²) >= 11 is 6.13. The first kappa shape index (κ1) is 23.3. The Balaban J connectivity index is 1.15. The van der Waals surface area contributed by atoms with Crippen LogP contribution in [0.15, 0.2) is 48.7 Å². The molecule has 0 aliphatic heterocycles. The summed E-state index contributed by atoms with van der Waals surface area (Å²) in [5.41, 5.74) is 4.45. The minimum Gasteiger partial charge on any atom is -0.347 e. The van der Waals surface area contributed by atoms with Crippen molar-refractivity contribution in [2.75, 3.05) is 0 Å². The van der Waals surface area contributed by atoms with Crippen molar-refractivity contribution in [3.05, 3.63) is 76.3 Å². The molecule has 2 unspecified atom stereocenters. The fourth-order valence-electron chi connectivity index (χ4n) is 5.92. The molecular weight excluding hydrogens is 489 g/mol.